The predicted octanol–water partition coefficient (Wildman–Crippen LogP) is 2.96. The Balaban J connectivity index is 1.67. The van der Waals surface area contributed by atoms with Crippen LogP contribution in [0.25, 0.3) is 0 Å². The number of fused-ring (bicyclic) bond motifs is 1. The van der Waals surface area contributed by atoms with E-state index in [-0.39, 0.29) is 0 Å². The summed E-state index contributed by atoms with van der Waals surface area (Å²) < 4.78 is 0. The van der Waals surface area contributed by atoms with Gasteiger partial charge in [-0.2, -0.15) is 0 Å². The zero-order chi connectivity index (χ0) is 14.5. The van der Waals surface area contributed by atoms with Gasteiger partial charge in [-0.1, -0.05) is 19.3 Å². The van der Waals surface area contributed by atoms with E-state index in [0.29, 0.717) is 18.4 Å². The van der Waals surface area contributed by atoms with Gasteiger partial charge in [-0.3, -0.25) is 0 Å². The Hall–Kier alpha value is -1.16. The van der Waals surface area contributed by atoms with Crippen LogP contribution in [0, 0.1) is 11.8 Å². The second-order valence-electron chi connectivity index (χ2n) is 6.58. The number of rotatable bonds is 4. The van der Waals surface area contributed by atoms with Gasteiger partial charge in [-0.15, -0.1) is 0 Å². The number of hydrogen-bond donors (Lipinski definition) is 2. The van der Waals surface area contributed by atoms with Gasteiger partial charge < -0.3 is 10.4 Å². The van der Waals surface area contributed by atoms with Gasteiger partial charge in [0.05, 0.1) is 0 Å². The van der Waals surface area contributed by atoms with Crippen LogP contribution in [-0.4, -0.2) is 28.2 Å². The van der Waals surface area contributed by atoms with Crippen molar-refractivity contribution in [3.63, 3.8) is 0 Å². The SMILES string of the molecule is OCC1CCCCC1CNc1ncnc2c1CCCCC2. The molecule has 0 aromatic carbocycles. The highest BCUT2D eigenvalue weighted by molar-refractivity contribution is 5.46. The average Bonchev–Trinajstić information content (AvgIpc) is 2.79. The first-order valence-corrected chi connectivity index (χ1v) is 8.56. The van der Waals surface area contributed by atoms with Crippen molar-refractivity contribution in [2.24, 2.45) is 11.8 Å². The first kappa shape index (κ1) is 14.8. The minimum absolute atomic E-state index is 0.328. The smallest absolute Gasteiger partial charge is 0.132 e. The van der Waals surface area contributed by atoms with Crippen molar-refractivity contribution in [1.82, 2.24) is 9.97 Å². The molecule has 2 unspecified atom stereocenters. The van der Waals surface area contributed by atoms with E-state index in [9.17, 15) is 5.11 Å². The first-order chi connectivity index (χ1) is 10.4. The Bertz CT molecular complexity index is 463. The second-order valence-corrected chi connectivity index (χ2v) is 6.58. The van der Waals surface area contributed by atoms with E-state index in [1.165, 1.54) is 56.2 Å². The van der Waals surface area contributed by atoms with E-state index in [1.807, 2.05) is 0 Å². The molecular formula is C17H27N3O. The number of aliphatic hydroxyl groups excluding tert-OH is 1. The molecule has 0 radical (unpaired) electrons. The number of hydrogen-bond acceptors (Lipinski definition) is 4. The third-order valence-corrected chi connectivity index (χ3v) is 5.21. The van der Waals surface area contributed by atoms with Gasteiger partial charge in [-0.25, -0.2) is 9.97 Å². The topological polar surface area (TPSA) is 58.0 Å². The molecule has 2 aliphatic rings. The Morgan fingerprint density at radius 3 is 2.67 bits per heavy atom. The summed E-state index contributed by atoms with van der Waals surface area (Å²) in [7, 11) is 0. The van der Waals surface area contributed by atoms with Gasteiger partial charge in [0.15, 0.2) is 0 Å². The van der Waals surface area contributed by atoms with Crippen LogP contribution in [0.5, 0.6) is 0 Å². The molecule has 2 N–H and O–H groups in total. The van der Waals surface area contributed by atoms with Gasteiger partial charge >= 0.3 is 0 Å². The number of aliphatic hydroxyl groups is 1. The average molecular weight is 289 g/mol. The molecule has 1 heterocycles. The van der Waals surface area contributed by atoms with Gasteiger partial charge in [0.25, 0.3) is 0 Å². The van der Waals surface area contributed by atoms with Crippen LogP contribution in [0.1, 0.15) is 56.2 Å². The summed E-state index contributed by atoms with van der Waals surface area (Å²) in [6.07, 6.45) is 12.7. The number of nitrogens with one attached hydrogen (secondary N) is 1. The molecule has 21 heavy (non-hydrogen) atoms. The fourth-order valence-corrected chi connectivity index (χ4v) is 3.87. The Morgan fingerprint density at radius 2 is 1.81 bits per heavy atom. The zero-order valence-corrected chi connectivity index (χ0v) is 12.9. The monoisotopic (exact) mass is 289 g/mol. The molecule has 1 saturated carbocycles. The van der Waals surface area contributed by atoms with Crippen LogP contribution in [0.15, 0.2) is 6.33 Å². The highest BCUT2D eigenvalue weighted by atomic mass is 16.3. The zero-order valence-electron chi connectivity index (χ0n) is 12.9. The molecule has 0 aliphatic heterocycles. The first-order valence-electron chi connectivity index (χ1n) is 8.56. The third kappa shape index (κ3) is 3.54. The van der Waals surface area contributed by atoms with Crippen molar-refractivity contribution in [2.45, 2.75) is 57.8 Å². The maximum atomic E-state index is 9.53. The molecule has 0 saturated heterocycles. The highest BCUT2D eigenvalue weighted by Gasteiger charge is 2.24. The minimum Gasteiger partial charge on any atom is -0.396 e. The summed E-state index contributed by atoms with van der Waals surface area (Å²) in [5.41, 5.74) is 2.58. The van der Waals surface area contributed by atoms with E-state index < -0.39 is 0 Å². The predicted molar refractivity (Wildman–Crippen MR) is 84.3 cm³/mol. The number of anilines is 1. The van der Waals surface area contributed by atoms with Crippen molar-refractivity contribution in [3.8, 4) is 0 Å². The molecule has 0 spiro atoms. The molecule has 3 rings (SSSR count). The molecule has 1 aromatic heterocycles. The van der Waals surface area contributed by atoms with Crippen molar-refractivity contribution >= 4 is 5.82 Å². The Labute approximate surface area is 127 Å². The molecule has 4 nitrogen and oxygen atoms in total. The van der Waals surface area contributed by atoms with Crippen molar-refractivity contribution in [3.05, 3.63) is 17.6 Å². The molecule has 0 bridgehead atoms. The summed E-state index contributed by atoms with van der Waals surface area (Å²) in [6.45, 7) is 1.27. The van der Waals surface area contributed by atoms with Crippen LogP contribution in [0.4, 0.5) is 5.82 Å². The fourth-order valence-electron chi connectivity index (χ4n) is 3.87. The lowest BCUT2D eigenvalue weighted by atomic mass is 9.79. The third-order valence-electron chi connectivity index (χ3n) is 5.21. The van der Waals surface area contributed by atoms with Gasteiger partial charge in [0, 0.05) is 24.4 Å². The lowest BCUT2D eigenvalue weighted by Crippen LogP contribution is -2.29. The molecule has 4 heteroatoms. The van der Waals surface area contributed by atoms with Crippen molar-refractivity contribution in [2.75, 3.05) is 18.5 Å². The number of nitrogens with zero attached hydrogens (tertiary/aromatic N) is 2. The standard InChI is InChI=1S/C17H27N3O/c21-11-14-7-5-4-6-13(14)10-18-17-15-8-2-1-3-9-16(15)19-12-20-17/h12-14,21H,1-11H2,(H,18,19,20). The summed E-state index contributed by atoms with van der Waals surface area (Å²) in [5.74, 6) is 2.09. The molecule has 1 fully saturated rings. The molecule has 2 aliphatic carbocycles. The van der Waals surface area contributed by atoms with Crippen LogP contribution in [-0.2, 0) is 12.8 Å². The van der Waals surface area contributed by atoms with Crippen molar-refractivity contribution < 1.29 is 5.11 Å². The largest absolute Gasteiger partial charge is 0.396 e. The molecule has 0 amide bonds. The molecular weight excluding hydrogens is 262 g/mol. The van der Waals surface area contributed by atoms with Gasteiger partial charge in [0.1, 0.15) is 12.1 Å². The normalized spacial score (nSPS) is 26.0. The lowest BCUT2D eigenvalue weighted by Gasteiger charge is -2.30. The summed E-state index contributed by atoms with van der Waals surface area (Å²) in [5, 5.41) is 13.1. The lowest BCUT2D eigenvalue weighted by molar-refractivity contribution is 0.141. The second kappa shape index (κ2) is 7.21. The number of aromatic nitrogens is 2. The summed E-state index contributed by atoms with van der Waals surface area (Å²) in [4.78, 5) is 8.96. The van der Waals surface area contributed by atoms with E-state index in [2.05, 4.69) is 15.3 Å². The highest BCUT2D eigenvalue weighted by Crippen LogP contribution is 2.30. The summed E-state index contributed by atoms with van der Waals surface area (Å²) in [6, 6.07) is 0. The Kier molecular flexibility index (Phi) is 5.07. The van der Waals surface area contributed by atoms with Crippen LogP contribution >= 0.6 is 0 Å². The Morgan fingerprint density at radius 1 is 1.00 bits per heavy atom. The quantitative estimate of drug-likeness (QED) is 0.837. The van der Waals surface area contributed by atoms with E-state index in [1.54, 1.807) is 6.33 Å². The van der Waals surface area contributed by atoms with Crippen LogP contribution in [0.2, 0.25) is 0 Å². The molecule has 2 atom stereocenters. The minimum atomic E-state index is 0.328. The van der Waals surface area contributed by atoms with Gasteiger partial charge in [0.2, 0.25) is 0 Å². The maximum absolute atomic E-state index is 9.53. The maximum Gasteiger partial charge on any atom is 0.132 e. The molecule has 1 aromatic rings. The fraction of sp³-hybridized carbons (Fsp3) is 0.765. The van der Waals surface area contributed by atoms with E-state index in [4.69, 9.17) is 0 Å². The van der Waals surface area contributed by atoms with Crippen molar-refractivity contribution in [1.29, 1.82) is 0 Å². The van der Waals surface area contributed by atoms with Crippen LogP contribution < -0.4 is 5.32 Å². The van der Waals surface area contributed by atoms with Gasteiger partial charge in [-0.05, 0) is 50.4 Å². The molecule has 116 valence electrons. The van der Waals surface area contributed by atoms with E-state index >= 15 is 0 Å². The summed E-state index contributed by atoms with van der Waals surface area (Å²) >= 11 is 0. The number of aryl methyl sites for hydroxylation is 1. The van der Waals surface area contributed by atoms with E-state index in [0.717, 1.165) is 25.2 Å². The van der Waals surface area contributed by atoms with Crippen LogP contribution in [0.3, 0.4) is 0 Å².